The molecule has 13 heavy (non-hydrogen) atoms. The number of nitrogens with two attached hydrogens (primary N) is 1. The minimum absolute atomic E-state index is 0.351. The summed E-state index contributed by atoms with van der Waals surface area (Å²) >= 11 is 0. The van der Waals surface area contributed by atoms with Crippen LogP contribution in [0.25, 0.3) is 0 Å². The maximum absolute atomic E-state index is 11.7. The first-order chi connectivity index (χ1) is 6.29. The van der Waals surface area contributed by atoms with Crippen molar-refractivity contribution in [3.8, 4) is 0 Å². The number of hydrogen-bond donors (Lipinski definition) is 1. The number of amides is 1. The van der Waals surface area contributed by atoms with E-state index in [0.717, 1.165) is 38.8 Å². The van der Waals surface area contributed by atoms with Crippen molar-refractivity contribution in [2.45, 2.75) is 32.6 Å². The van der Waals surface area contributed by atoms with E-state index in [-0.39, 0.29) is 0 Å². The first kappa shape index (κ1) is 10.5. The molecule has 2 N–H and O–H groups in total. The third-order valence-corrected chi connectivity index (χ3v) is 2.36. The molecule has 1 saturated carbocycles. The van der Waals surface area contributed by atoms with Gasteiger partial charge in [-0.15, -0.1) is 0 Å². The predicted molar refractivity (Wildman–Crippen MR) is 53.3 cm³/mol. The van der Waals surface area contributed by atoms with E-state index in [1.54, 1.807) is 0 Å². The van der Waals surface area contributed by atoms with E-state index in [4.69, 9.17) is 5.73 Å². The fourth-order valence-corrected chi connectivity index (χ4v) is 1.47. The molecular formula is C10H20N2O. The molecule has 3 heteroatoms. The SMILES string of the molecule is CCCN(CCCN)C(=O)C1CC1. The van der Waals surface area contributed by atoms with Gasteiger partial charge in [0.2, 0.25) is 5.91 Å². The third-order valence-electron chi connectivity index (χ3n) is 2.36. The van der Waals surface area contributed by atoms with E-state index >= 15 is 0 Å². The van der Waals surface area contributed by atoms with Crippen molar-refractivity contribution in [2.75, 3.05) is 19.6 Å². The average Bonchev–Trinajstić information content (AvgIpc) is 2.94. The van der Waals surface area contributed by atoms with Gasteiger partial charge in [0.05, 0.1) is 0 Å². The van der Waals surface area contributed by atoms with Crippen LogP contribution in [0.5, 0.6) is 0 Å². The van der Waals surface area contributed by atoms with Crippen LogP contribution in [0.1, 0.15) is 32.6 Å². The Morgan fingerprint density at radius 3 is 2.62 bits per heavy atom. The summed E-state index contributed by atoms with van der Waals surface area (Å²) in [5.74, 6) is 0.708. The first-order valence-corrected chi connectivity index (χ1v) is 5.28. The van der Waals surface area contributed by atoms with Crippen LogP contribution < -0.4 is 5.73 Å². The molecule has 0 unspecified atom stereocenters. The Morgan fingerprint density at radius 1 is 1.46 bits per heavy atom. The number of nitrogens with zero attached hydrogens (tertiary/aromatic N) is 1. The molecule has 0 saturated heterocycles. The summed E-state index contributed by atoms with van der Waals surface area (Å²) in [5.41, 5.74) is 5.43. The minimum atomic E-state index is 0.351. The molecule has 0 heterocycles. The zero-order valence-corrected chi connectivity index (χ0v) is 8.46. The van der Waals surface area contributed by atoms with Crippen LogP contribution in [0.15, 0.2) is 0 Å². The van der Waals surface area contributed by atoms with Crippen molar-refractivity contribution in [2.24, 2.45) is 11.7 Å². The lowest BCUT2D eigenvalue weighted by Gasteiger charge is -2.21. The van der Waals surface area contributed by atoms with Gasteiger partial charge in [0, 0.05) is 19.0 Å². The van der Waals surface area contributed by atoms with Gasteiger partial charge in [-0.1, -0.05) is 6.92 Å². The first-order valence-electron chi connectivity index (χ1n) is 5.28. The van der Waals surface area contributed by atoms with Crippen LogP contribution in [-0.2, 0) is 4.79 Å². The summed E-state index contributed by atoms with van der Waals surface area (Å²) in [6, 6.07) is 0. The third kappa shape index (κ3) is 3.35. The largest absolute Gasteiger partial charge is 0.342 e. The van der Waals surface area contributed by atoms with Gasteiger partial charge in [0.1, 0.15) is 0 Å². The van der Waals surface area contributed by atoms with Crippen molar-refractivity contribution in [3.63, 3.8) is 0 Å². The molecule has 1 fully saturated rings. The van der Waals surface area contributed by atoms with Crippen molar-refractivity contribution in [1.29, 1.82) is 0 Å². The van der Waals surface area contributed by atoms with E-state index in [1.165, 1.54) is 0 Å². The summed E-state index contributed by atoms with van der Waals surface area (Å²) in [6.45, 7) is 4.53. The Labute approximate surface area is 80.3 Å². The molecule has 1 rings (SSSR count). The maximum atomic E-state index is 11.7. The standard InChI is InChI=1S/C10H20N2O/c1-2-7-12(8-3-6-11)10(13)9-4-5-9/h9H,2-8,11H2,1H3. The molecular weight excluding hydrogens is 164 g/mol. The lowest BCUT2D eigenvalue weighted by molar-refractivity contribution is -0.132. The Morgan fingerprint density at radius 2 is 2.15 bits per heavy atom. The van der Waals surface area contributed by atoms with Gasteiger partial charge >= 0.3 is 0 Å². The topological polar surface area (TPSA) is 46.3 Å². The van der Waals surface area contributed by atoms with Gasteiger partial charge < -0.3 is 10.6 Å². The lowest BCUT2D eigenvalue weighted by atomic mass is 10.3. The van der Waals surface area contributed by atoms with Crippen molar-refractivity contribution in [1.82, 2.24) is 4.90 Å². The van der Waals surface area contributed by atoms with Gasteiger partial charge in [0.25, 0.3) is 0 Å². The van der Waals surface area contributed by atoms with Crippen LogP contribution in [0, 0.1) is 5.92 Å². The predicted octanol–water partition coefficient (Wildman–Crippen LogP) is 0.984. The second-order valence-corrected chi connectivity index (χ2v) is 3.74. The Balaban J connectivity index is 2.30. The second kappa shape index (κ2) is 5.22. The quantitative estimate of drug-likeness (QED) is 0.669. The van der Waals surface area contributed by atoms with E-state index in [1.807, 2.05) is 4.90 Å². The second-order valence-electron chi connectivity index (χ2n) is 3.74. The molecule has 1 aliphatic carbocycles. The molecule has 1 amide bonds. The lowest BCUT2D eigenvalue weighted by Crippen LogP contribution is -2.34. The van der Waals surface area contributed by atoms with Gasteiger partial charge in [-0.2, -0.15) is 0 Å². The summed E-state index contributed by atoms with van der Waals surface area (Å²) in [5, 5.41) is 0. The number of carbonyl (C=O) groups is 1. The zero-order chi connectivity index (χ0) is 9.68. The van der Waals surface area contributed by atoms with E-state index in [9.17, 15) is 4.79 Å². The normalized spacial score (nSPS) is 15.8. The smallest absolute Gasteiger partial charge is 0.225 e. The van der Waals surface area contributed by atoms with Gasteiger partial charge in [-0.05, 0) is 32.2 Å². The molecule has 0 aromatic heterocycles. The Bertz CT molecular complexity index is 166. The molecule has 0 spiro atoms. The van der Waals surface area contributed by atoms with Gasteiger partial charge in [-0.3, -0.25) is 4.79 Å². The summed E-state index contributed by atoms with van der Waals surface area (Å²) in [7, 11) is 0. The number of carbonyl (C=O) groups excluding carboxylic acids is 1. The summed E-state index contributed by atoms with van der Waals surface area (Å²) < 4.78 is 0. The molecule has 1 aliphatic rings. The van der Waals surface area contributed by atoms with Gasteiger partial charge in [-0.25, -0.2) is 0 Å². The molecule has 0 aliphatic heterocycles. The van der Waals surface area contributed by atoms with Crippen LogP contribution in [0.2, 0.25) is 0 Å². The fraction of sp³-hybridized carbons (Fsp3) is 0.900. The van der Waals surface area contributed by atoms with E-state index in [2.05, 4.69) is 6.92 Å². The number of rotatable bonds is 6. The van der Waals surface area contributed by atoms with Crippen molar-refractivity contribution >= 4 is 5.91 Å². The molecule has 0 atom stereocenters. The summed E-state index contributed by atoms with van der Waals surface area (Å²) in [6.07, 6.45) is 4.17. The van der Waals surface area contributed by atoms with Crippen LogP contribution in [-0.4, -0.2) is 30.4 Å². The Hall–Kier alpha value is -0.570. The molecule has 0 aromatic carbocycles. The monoisotopic (exact) mass is 184 g/mol. The highest BCUT2D eigenvalue weighted by molar-refractivity contribution is 5.81. The maximum Gasteiger partial charge on any atom is 0.225 e. The van der Waals surface area contributed by atoms with Crippen molar-refractivity contribution in [3.05, 3.63) is 0 Å². The minimum Gasteiger partial charge on any atom is -0.342 e. The fourth-order valence-electron chi connectivity index (χ4n) is 1.47. The number of hydrogen-bond acceptors (Lipinski definition) is 2. The van der Waals surface area contributed by atoms with E-state index in [0.29, 0.717) is 18.4 Å². The van der Waals surface area contributed by atoms with Gasteiger partial charge in [0.15, 0.2) is 0 Å². The van der Waals surface area contributed by atoms with E-state index < -0.39 is 0 Å². The van der Waals surface area contributed by atoms with Crippen LogP contribution in [0.4, 0.5) is 0 Å². The van der Waals surface area contributed by atoms with Crippen LogP contribution in [0.3, 0.4) is 0 Å². The Kier molecular flexibility index (Phi) is 4.22. The summed E-state index contributed by atoms with van der Waals surface area (Å²) in [4.78, 5) is 13.7. The highest BCUT2D eigenvalue weighted by Crippen LogP contribution is 2.31. The van der Waals surface area contributed by atoms with Crippen molar-refractivity contribution < 1.29 is 4.79 Å². The highest BCUT2D eigenvalue weighted by atomic mass is 16.2. The van der Waals surface area contributed by atoms with Crippen LogP contribution >= 0.6 is 0 Å². The molecule has 0 bridgehead atoms. The zero-order valence-electron chi connectivity index (χ0n) is 8.46. The molecule has 76 valence electrons. The average molecular weight is 184 g/mol. The molecule has 0 aromatic rings. The molecule has 3 nitrogen and oxygen atoms in total. The molecule has 0 radical (unpaired) electrons. The highest BCUT2D eigenvalue weighted by Gasteiger charge is 2.32.